The minimum absolute atomic E-state index is 0.0418. The highest BCUT2D eigenvalue weighted by molar-refractivity contribution is 4.83. The fourth-order valence-electron chi connectivity index (χ4n) is 3.68. The highest BCUT2D eigenvalue weighted by Gasteiger charge is 2.36. The van der Waals surface area contributed by atoms with Gasteiger partial charge in [-0.05, 0) is 52.5 Å². The predicted octanol–water partition coefficient (Wildman–Crippen LogP) is 3.62. The first kappa shape index (κ1) is 16.2. The topological polar surface area (TPSA) is 6.48 Å². The van der Waals surface area contributed by atoms with E-state index in [1.165, 1.54) is 25.9 Å². The second-order valence-corrected chi connectivity index (χ2v) is 7.07. The van der Waals surface area contributed by atoms with E-state index in [2.05, 4.69) is 30.6 Å². The van der Waals surface area contributed by atoms with Gasteiger partial charge in [0, 0.05) is 44.6 Å². The fraction of sp³-hybridized carbons (Fsp3) is 1.00. The predicted molar refractivity (Wildman–Crippen MR) is 79.3 cm³/mol. The van der Waals surface area contributed by atoms with E-state index in [-0.39, 0.29) is 12.8 Å². The molecule has 0 aromatic carbocycles. The zero-order valence-electron chi connectivity index (χ0n) is 13.2. The van der Waals surface area contributed by atoms with Crippen LogP contribution in [0.2, 0.25) is 0 Å². The van der Waals surface area contributed by atoms with Gasteiger partial charge in [0.25, 0.3) is 5.92 Å². The van der Waals surface area contributed by atoms with Crippen molar-refractivity contribution < 1.29 is 8.78 Å². The molecule has 0 radical (unpaired) electrons. The number of halogens is 2. The molecule has 2 rings (SSSR count). The van der Waals surface area contributed by atoms with Crippen LogP contribution in [0.15, 0.2) is 0 Å². The molecular weight excluding hydrogens is 258 g/mol. The first-order valence-electron chi connectivity index (χ1n) is 8.23. The summed E-state index contributed by atoms with van der Waals surface area (Å²) in [5.74, 6) is -1.68. The lowest BCUT2D eigenvalue weighted by Crippen LogP contribution is -2.46. The molecular formula is C16H30F2N2. The molecule has 0 N–H and O–H groups in total. The van der Waals surface area contributed by atoms with E-state index in [1.807, 2.05) is 0 Å². The van der Waals surface area contributed by atoms with Crippen LogP contribution in [0.3, 0.4) is 0 Å². The maximum Gasteiger partial charge on any atom is 0.250 e. The van der Waals surface area contributed by atoms with Crippen molar-refractivity contribution in [3.05, 3.63) is 0 Å². The Balaban J connectivity index is 1.78. The largest absolute Gasteiger partial charge is 0.301 e. The van der Waals surface area contributed by atoms with E-state index in [0.29, 0.717) is 25.2 Å². The van der Waals surface area contributed by atoms with Gasteiger partial charge in [-0.2, -0.15) is 0 Å². The van der Waals surface area contributed by atoms with Crippen LogP contribution < -0.4 is 0 Å². The molecule has 4 heteroatoms. The smallest absolute Gasteiger partial charge is 0.250 e. The summed E-state index contributed by atoms with van der Waals surface area (Å²) in [7, 11) is 0. The molecule has 2 fully saturated rings. The van der Waals surface area contributed by atoms with Crippen LogP contribution in [0.5, 0.6) is 0 Å². The van der Waals surface area contributed by atoms with Gasteiger partial charge in [-0.15, -0.1) is 0 Å². The number of alkyl halides is 2. The molecule has 2 aliphatic rings. The third kappa shape index (κ3) is 4.39. The second kappa shape index (κ2) is 6.69. The van der Waals surface area contributed by atoms with Crippen LogP contribution in [-0.2, 0) is 0 Å². The summed E-state index contributed by atoms with van der Waals surface area (Å²) >= 11 is 0. The molecule has 0 aromatic heterocycles. The number of nitrogens with zero attached hydrogens (tertiary/aromatic N) is 2. The lowest BCUT2D eigenvalue weighted by Gasteiger charge is -2.40. The van der Waals surface area contributed by atoms with Crippen LogP contribution >= 0.6 is 0 Å². The SMILES string of the molecule is CC(C)N1CCCC(CC(C)N2CCC(F)(F)CC2)C1. The highest BCUT2D eigenvalue weighted by atomic mass is 19.3. The van der Waals surface area contributed by atoms with Crippen molar-refractivity contribution in [2.45, 2.75) is 70.9 Å². The van der Waals surface area contributed by atoms with Gasteiger partial charge in [-0.3, -0.25) is 0 Å². The molecule has 0 aromatic rings. The Morgan fingerprint density at radius 3 is 2.30 bits per heavy atom. The van der Waals surface area contributed by atoms with Gasteiger partial charge in [0.05, 0.1) is 0 Å². The Hall–Kier alpha value is -0.220. The van der Waals surface area contributed by atoms with E-state index in [4.69, 9.17) is 0 Å². The standard InChI is InChI=1S/C16H30F2N2/c1-13(2)20-8-4-5-15(12-20)11-14(3)19-9-6-16(17,18)7-10-19/h13-15H,4-12H2,1-3H3. The molecule has 2 heterocycles. The fourth-order valence-corrected chi connectivity index (χ4v) is 3.68. The van der Waals surface area contributed by atoms with Crippen LogP contribution in [0, 0.1) is 5.92 Å². The first-order chi connectivity index (χ1) is 9.37. The van der Waals surface area contributed by atoms with Crippen molar-refractivity contribution in [3.63, 3.8) is 0 Å². The number of likely N-dealkylation sites (tertiary alicyclic amines) is 2. The van der Waals surface area contributed by atoms with Crippen molar-refractivity contribution >= 4 is 0 Å². The first-order valence-corrected chi connectivity index (χ1v) is 8.23. The average molecular weight is 288 g/mol. The Labute approximate surface area is 122 Å². The molecule has 118 valence electrons. The molecule has 2 saturated heterocycles. The third-order valence-electron chi connectivity index (χ3n) is 5.11. The molecule has 0 amide bonds. The molecule has 2 aliphatic heterocycles. The van der Waals surface area contributed by atoms with Crippen LogP contribution in [0.1, 0.15) is 52.9 Å². The number of rotatable bonds is 4. The molecule has 2 unspecified atom stereocenters. The van der Waals surface area contributed by atoms with Crippen LogP contribution in [0.25, 0.3) is 0 Å². The molecule has 2 nitrogen and oxygen atoms in total. The summed E-state index contributed by atoms with van der Waals surface area (Å²) in [6, 6.07) is 1.07. The summed E-state index contributed by atoms with van der Waals surface area (Å²) in [5.41, 5.74) is 0. The molecule has 0 saturated carbocycles. The van der Waals surface area contributed by atoms with Crippen molar-refractivity contribution in [2.75, 3.05) is 26.2 Å². The van der Waals surface area contributed by atoms with Gasteiger partial charge in [-0.25, -0.2) is 8.78 Å². The molecule has 2 atom stereocenters. The van der Waals surface area contributed by atoms with E-state index < -0.39 is 5.92 Å². The minimum atomic E-state index is -2.42. The van der Waals surface area contributed by atoms with Crippen molar-refractivity contribution in [1.29, 1.82) is 0 Å². The van der Waals surface area contributed by atoms with Gasteiger partial charge < -0.3 is 9.80 Å². The van der Waals surface area contributed by atoms with Crippen LogP contribution in [0.4, 0.5) is 8.78 Å². The van der Waals surface area contributed by atoms with E-state index in [9.17, 15) is 8.78 Å². The highest BCUT2D eigenvalue weighted by Crippen LogP contribution is 2.30. The summed E-state index contributed by atoms with van der Waals surface area (Å²) < 4.78 is 26.4. The molecule has 20 heavy (non-hydrogen) atoms. The minimum Gasteiger partial charge on any atom is -0.301 e. The Bertz CT molecular complexity index is 297. The molecule has 0 bridgehead atoms. The van der Waals surface area contributed by atoms with Crippen molar-refractivity contribution in [3.8, 4) is 0 Å². The maximum absolute atomic E-state index is 13.2. The van der Waals surface area contributed by atoms with E-state index >= 15 is 0 Å². The van der Waals surface area contributed by atoms with Crippen LogP contribution in [-0.4, -0.2) is 54.0 Å². The average Bonchev–Trinajstić information content (AvgIpc) is 2.38. The Morgan fingerprint density at radius 2 is 1.70 bits per heavy atom. The zero-order valence-corrected chi connectivity index (χ0v) is 13.2. The summed E-state index contributed by atoms with van der Waals surface area (Å²) in [6.07, 6.45) is 3.83. The quantitative estimate of drug-likeness (QED) is 0.779. The number of hydrogen-bond donors (Lipinski definition) is 0. The normalized spacial score (nSPS) is 30.6. The van der Waals surface area contributed by atoms with Gasteiger partial charge >= 0.3 is 0 Å². The summed E-state index contributed by atoms with van der Waals surface area (Å²) in [5, 5.41) is 0. The maximum atomic E-state index is 13.2. The van der Waals surface area contributed by atoms with Gasteiger partial charge in [0.2, 0.25) is 0 Å². The lowest BCUT2D eigenvalue weighted by atomic mass is 9.90. The van der Waals surface area contributed by atoms with Gasteiger partial charge in [0.1, 0.15) is 0 Å². The van der Waals surface area contributed by atoms with Crippen molar-refractivity contribution in [2.24, 2.45) is 5.92 Å². The summed E-state index contributed by atoms with van der Waals surface area (Å²) in [4.78, 5) is 4.83. The third-order valence-corrected chi connectivity index (χ3v) is 5.11. The van der Waals surface area contributed by atoms with Gasteiger partial charge in [0.15, 0.2) is 0 Å². The Kier molecular flexibility index (Phi) is 5.41. The molecule has 0 spiro atoms. The zero-order chi connectivity index (χ0) is 14.8. The molecule has 0 aliphatic carbocycles. The van der Waals surface area contributed by atoms with E-state index in [1.54, 1.807) is 0 Å². The van der Waals surface area contributed by atoms with E-state index in [0.717, 1.165) is 12.3 Å². The lowest BCUT2D eigenvalue weighted by molar-refractivity contribution is -0.0638. The summed E-state index contributed by atoms with van der Waals surface area (Å²) in [6.45, 7) is 10.3. The monoisotopic (exact) mass is 288 g/mol. The Morgan fingerprint density at radius 1 is 1.05 bits per heavy atom. The van der Waals surface area contributed by atoms with Gasteiger partial charge in [-0.1, -0.05) is 0 Å². The number of hydrogen-bond acceptors (Lipinski definition) is 2. The van der Waals surface area contributed by atoms with Crippen molar-refractivity contribution in [1.82, 2.24) is 9.80 Å². The second-order valence-electron chi connectivity index (χ2n) is 7.07. The number of piperidine rings is 2.